The zero-order valence-corrected chi connectivity index (χ0v) is 19.2. The lowest BCUT2D eigenvalue weighted by molar-refractivity contribution is -0.158. The molecule has 182 valence electrons. The van der Waals surface area contributed by atoms with E-state index in [0.29, 0.717) is 16.7 Å². The maximum absolute atomic E-state index is 13.1. The van der Waals surface area contributed by atoms with Crippen molar-refractivity contribution in [2.75, 3.05) is 6.54 Å². The molecule has 0 radical (unpaired) electrons. The number of nitrogens with one attached hydrogen (secondary N) is 3. The fourth-order valence-electron chi connectivity index (χ4n) is 3.71. The summed E-state index contributed by atoms with van der Waals surface area (Å²) in [5.74, 6) is -3.07. The third-order valence-corrected chi connectivity index (χ3v) is 5.52. The van der Waals surface area contributed by atoms with Crippen LogP contribution in [0.2, 0.25) is 0 Å². The van der Waals surface area contributed by atoms with Crippen molar-refractivity contribution in [2.24, 2.45) is 5.73 Å². The molecule has 0 aromatic heterocycles. The lowest BCUT2D eigenvalue weighted by Crippen LogP contribution is -2.44. The Hall–Kier alpha value is -4.54. The maximum Gasteiger partial charge on any atom is 0.325 e. The van der Waals surface area contributed by atoms with E-state index in [1.165, 1.54) is 6.92 Å². The van der Waals surface area contributed by atoms with Crippen molar-refractivity contribution < 1.29 is 28.7 Å². The van der Waals surface area contributed by atoms with Gasteiger partial charge in [0.25, 0.3) is 5.91 Å². The molecule has 4 amide bonds. The van der Waals surface area contributed by atoms with Gasteiger partial charge < -0.3 is 21.1 Å². The number of amides is 4. The van der Waals surface area contributed by atoms with Gasteiger partial charge in [-0.1, -0.05) is 54.6 Å². The molecule has 2 aromatic rings. The quantitative estimate of drug-likeness (QED) is 0.144. The minimum atomic E-state index is -1.42. The average Bonchev–Trinajstić information content (AvgIpc) is 3.02. The monoisotopic (exact) mass is 479 g/mol. The minimum absolute atomic E-state index is 0.137. The molecule has 0 saturated carbocycles. The van der Waals surface area contributed by atoms with Gasteiger partial charge in [0.15, 0.2) is 0 Å². The third-order valence-electron chi connectivity index (χ3n) is 5.52. The van der Waals surface area contributed by atoms with Crippen LogP contribution in [0.4, 0.5) is 4.79 Å². The lowest BCUT2D eigenvalue weighted by atomic mass is 9.91. The molecule has 0 bridgehead atoms. The minimum Gasteiger partial charge on any atom is -0.393 e. The molecule has 0 spiro atoms. The predicted octanol–water partition coefficient (Wildman–Crippen LogP) is 1.07. The summed E-state index contributed by atoms with van der Waals surface area (Å²) in [4.78, 5) is 62.4. The number of imide groups is 1. The van der Waals surface area contributed by atoms with Crippen LogP contribution in [0.25, 0.3) is 0 Å². The fraction of sp³-hybridized carbons (Fsp3) is 0.250. The number of rotatable bonds is 8. The second-order valence-corrected chi connectivity index (χ2v) is 8.14. The number of urea groups is 1. The summed E-state index contributed by atoms with van der Waals surface area (Å²) in [7, 11) is 0. The summed E-state index contributed by atoms with van der Waals surface area (Å²) in [5.41, 5.74) is 5.53. The van der Waals surface area contributed by atoms with Gasteiger partial charge in [-0.05, 0) is 18.1 Å². The lowest BCUT2D eigenvalue weighted by Gasteiger charge is -2.23. The van der Waals surface area contributed by atoms with Crippen molar-refractivity contribution in [3.63, 3.8) is 0 Å². The van der Waals surface area contributed by atoms with Gasteiger partial charge in [-0.3, -0.25) is 29.5 Å². The van der Waals surface area contributed by atoms with Crippen LogP contribution in [0.15, 0.2) is 54.6 Å². The molecule has 2 aromatic carbocycles. The number of ether oxygens (including phenoxy) is 1. The van der Waals surface area contributed by atoms with E-state index in [1.807, 2.05) is 0 Å². The summed E-state index contributed by atoms with van der Waals surface area (Å²) in [6.07, 6.45) is -0.324. The number of nitrogens with two attached hydrogens (primary N) is 1. The number of esters is 2. The summed E-state index contributed by atoms with van der Waals surface area (Å²) in [6.45, 7) is 2.02. The molecular weight excluding hydrogens is 454 g/mol. The predicted molar refractivity (Wildman–Crippen MR) is 124 cm³/mol. The van der Waals surface area contributed by atoms with E-state index < -0.39 is 47.9 Å². The molecule has 1 heterocycles. The van der Waals surface area contributed by atoms with Crippen molar-refractivity contribution in [3.8, 4) is 0 Å². The second-order valence-electron chi connectivity index (χ2n) is 8.14. The molecule has 1 fully saturated rings. The normalized spacial score (nSPS) is 17.9. The third kappa shape index (κ3) is 5.69. The molecule has 11 heteroatoms. The Balaban J connectivity index is 1.74. The van der Waals surface area contributed by atoms with Crippen molar-refractivity contribution in [2.45, 2.75) is 31.8 Å². The van der Waals surface area contributed by atoms with E-state index in [1.54, 1.807) is 54.6 Å². The van der Waals surface area contributed by atoms with Gasteiger partial charge in [0.1, 0.15) is 17.9 Å². The Morgan fingerprint density at radius 3 is 2.31 bits per heavy atom. The Bertz CT molecular complexity index is 1180. The van der Waals surface area contributed by atoms with Crippen LogP contribution < -0.4 is 16.4 Å². The standard InChI is InChI=1S/C24H25N5O6/c1-14(30)35-20(32)12-18(15-6-4-3-5-7-15)27-19(31)13-29-22(33)24(2,28-23(29)34)17-10-8-16(9-11-17)21(25)26/h3-11,18H,12-13H2,1-2H3,(H3,25,26)(H,27,31)(H,28,34)/t18-,24-/m0/s1. The van der Waals surface area contributed by atoms with Crippen molar-refractivity contribution in [3.05, 3.63) is 71.3 Å². The molecule has 1 saturated heterocycles. The SMILES string of the molecule is CC(=O)OC(=O)C[C@H](NC(=O)CN1C(=O)N[C@@](C)(c2ccc(C(=N)N)cc2)C1=O)c1ccccc1. The molecule has 5 N–H and O–H groups in total. The van der Waals surface area contributed by atoms with E-state index in [4.69, 9.17) is 11.1 Å². The Kier molecular flexibility index (Phi) is 7.28. The van der Waals surface area contributed by atoms with Gasteiger partial charge in [0.2, 0.25) is 5.91 Å². The Morgan fingerprint density at radius 2 is 1.74 bits per heavy atom. The molecule has 3 rings (SSSR count). The van der Waals surface area contributed by atoms with E-state index >= 15 is 0 Å². The fourth-order valence-corrected chi connectivity index (χ4v) is 3.71. The van der Waals surface area contributed by atoms with Crippen molar-refractivity contribution >= 4 is 35.6 Å². The number of carbonyl (C=O) groups excluding carboxylic acids is 5. The Morgan fingerprint density at radius 1 is 1.11 bits per heavy atom. The highest BCUT2D eigenvalue weighted by Crippen LogP contribution is 2.29. The van der Waals surface area contributed by atoms with Crippen molar-refractivity contribution in [1.82, 2.24) is 15.5 Å². The summed E-state index contributed by atoms with van der Waals surface area (Å²) >= 11 is 0. The van der Waals surface area contributed by atoms with Crippen LogP contribution in [0.3, 0.4) is 0 Å². The summed E-state index contributed by atoms with van der Waals surface area (Å²) in [6, 6.07) is 13.2. The first-order chi connectivity index (χ1) is 16.5. The summed E-state index contributed by atoms with van der Waals surface area (Å²) in [5, 5.41) is 12.7. The van der Waals surface area contributed by atoms with Crippen LogP contribution in [0, 0.1) is 5.41 Å². The topological polar surface area (TPSA) is 172 Å². The van der Waals surface area contributed by atoms with Crippen LogP contribution in [-0.2, 0) is 29.5 Å². The van der Waals surface area contributed by atoms with Crippen LogP contribution in [0.1, 0.15) is 43.0 Å². The zero-order valence-electron chi connectivity index (χ0n) is 19.2. The van der Waals surface area contributed by atoms with Crippen molar-refractivity contribution in [1.29, 1.82) is 5.41 Å². The van der Waals surface area contributed by atoms with Crippen LogP contribution in [-0.4, -0.2) is 47.1 Å². The van der Waals surface area contributed by atoms with Crippen LogP contribution in [0.5, 0.6) is 0 Å². The first kappa shape index (κ1) is 25.1. The number of amidine groups is 1. The largest absolute Gasteiger partial charge is 0.393 e. The number of nitrogens with zero attached hydrogens (tertiary/aromatic N) is 1. The van der Waals surface area contributed by atoms with Gasteiger partial charge in [-0.25, -0.2) is 4.79 Å². The van der Waals surface area contributed by atoms with E-state index in [-0.39, 0.29) is 12.3 Å². The molecule has 35 heavy (non-hydrogen) atoms. The summed E-state index contributed by atoms with van der Waals surface area (Å²) < 4.78 is 4.57. The molecule has 0 unspecified atom stereocenters. The maximum atomic E-state index is 13.1. The Labute approximate surface area is 201 Å². The number of hydrogen-bond acceptors (Lipinski definition) is 7. The highest BCUT2D eigenvalue weighted by molar-refractivity contribution is 6.09. The van der Waals surface area contributed by atoms with E-state index in [9.17, 15) is 24.0 Å². The molecular formula is C24H25N5O6. The van der Waals surface area contributed by atoms with Gasteiger partial charge in [0, 0.05) is 12.5 Å². The van der Waals surface area contributed by atoms with E-state index in [2.05, 4.69) is 15.4 Å². The van der Waals surface area contributed by atoms with Gasteiger partial charge in [0.05, 0.1) is 12.5 Å². The average molecular weight is 479 g/mol. The van der Waals surface area contributed by atoms with E-state index in [0.717, 1.165) is 11.8 Å². The highest BCUT2D eigenvalue weighted by atomic mass is 16.6. The first-order valence-corrected chi connectivity index (χ1v) is 10.7. The molecule has 1 aliphatic rings. The van der Waals surface area contributed by atoms with Gasteiger partial charge in [-0.15, -0.1) is 0 Å². The van der Waals surface area contributed by atoms with Gasteiger partial charge in [-0.2, -0.15) is 0 Å². The molecule has 1 aliphatic heterocycles. The van der Waals surface area contributed by atoms with Gasteiger partial charge >= 0.3 is 18.0 Å². The number of benzene rings is 2. The highest BCUT2D eigenvalue weighted by Gasteiger charge is 2.49. The van der Waals surface area contributed by atoms with Crippen LogP contribution >= 0.6 is 0 Å². The first-order valence-electron chi connectivity index (χ1n) is 10.7. The molecule has 11 nitrogen and oxygen atoms in total. The number of hydrogen-bond donors (Lipinski definition) is 4. The zero-order chi connectivity index (χ0) is 25.8. The molecule has 0 aliphatic carbocycles. The second kappa shape index (κ2) is 10.2. The number of carbonyl (C=O) groups is 5. The smallest absolute Gasteiger partial charge is 0.325 e. The number of nitrogen functional groups attached to an aromatic ring is 1. The molecule has 2 atom stereocenters.